The van der Waals surface area contributed by atoms with Gasteiger partial charge in [0.15, 0.2) is 0 Å². The maximum atomic E-state index is 12.3. The van der Waals surface area contributed by atoms with Crippen LogP contribution in [-0.2, 0) is 4.79 Å². The van der Waals surface area contributed by atoms with Gasteiger partial charge in [0.1, 0.15) is 6.04 Å². The first-order chi connectivity index (χ1) is 12.5. The number of carbonyl (C=O) groups excluding carboxylic acids is 1. The second-order valence-corrected chi connectivity index (χ2v) is 6.55. The van der Waals surface area contributed by atoms with E-state index in [1.165, 1.54) is 5.39 Å². The number of carbonyl (C=O) groups is 1. The molecule has 1 atom stereocenters. The van der Waals surface area contributed by atoms with E-state index < -0.39 is 6.04 Å². The van der Waals surface area contributed by atoms with E-state index in [2.05, 4.69) is 40.1 Å². The van der Waals surface area contributed by atoms with Crippen LogP contribution in [0.3, 0.4) is 0 Å². The van der Waals surface area contributed by atoms with E-state index >= 15 is 0 Å². The fourth-order valence-electron chi connectivity index (χ4n) is 2.61. The van der Waals surface area contributed by atoms with Crippen molar-refractivity contribution in [2.45, 2.75) is 19.9 Å². The van der Waals surface area contributed by atoms with Crippen molar-refractivity contribution in [3.05, 3.63) is 77.3 Å². The lowest BCUT2D eigenvalue weighted by Gasteiger charge is -2.14. The summed E-state index contributed by atoms with van der Waals surface area (Å²) in [6.45, 7) is 3.65. The van der Waals surface area contributed by atoms with Crippen LogP contribution in [-0.4, -0.2) is 17.7 Å². The second-order valence-electron chi connectivity index (χ2n) is 6.11. The molecule has 26 heavy (non-hydrogen) atoms. The largest absolute Gasteiger partial charge is 0.374 e. The molecule has 0 saturated heterocycles. The average Bonchev–Trinajstić information content (AvgIpc) is 2.65. The number of nitrogens with one attached hydrogen (secondary N) is 2. The van der Waals surface area contributed by atoms with Crippen LogP contribution in [0.25, 0.3) is 10.8 Å². The molecule has 3 aromatic carbocycles. The van der Waals surface area contributed by atoms with E-state index in [1.807, 2.05) is 37.3 Å². The van der Waals surface area contributed by atoms with Crippen molar-refractivity contribution in [2.75, 3.05) is 5.32 Å². The van der Waals surface area contributed by atoms with Crippen LogP contribution in [0.4, 0.5) is 5.69 Å². The number of anilines is 1. The number of amides is 1. The van der Waals surface area contributed by atoms with Gasteiger partial charge in [0.2, 0.25) is 0 Å². The molecule has 0 aliphatic rings. The summed E-state index contributed by atoms with van der Waals surface area (Å²) in [6, 6.07) is 21.1. The van der Waals surface area contributed by atoms with Gasteiger partial charge in [-0.05, 0) is 54.4 Å². The molecule has 0 fully saturated rings. The Morgan fingerprint density at radius 1 is 1.00 bits per heavy atom. The van der Waals surface area contributed by atoms with Crippen LogP contribution in [0.2, 0.25) is 5.02 Å². The quantitative estimate of drug-likeness (QED) is 0.502. The number of fused-ring (bicyclic) bond motifs is 1. The van der Waals surface area contributed by atoms with Gasteiger partial charge in [-0.2, -0.15) is 5.10 Å². The van der Waals surface area contributed by atoms with Gasteiger partial charge in [0.25, 0.3) is 5.91 Å². The summed E-state index contributed by atoms with van der Waals surface area (Å²) in [4.78, 5) is 12.3. The summed E-state index contributed by atoms with van der Waals surface area (Å²) in [6.07, 6.45) is 0. The zero-order valence-corrected chi connectivity index (χ0v) is 15.4. The predicted octanol–water partition coefficient (Wildman–Crippen LogP) is 4.83. The molecule has 0 radical (unpaired) electrons. The molecule has 0 spiro atoms. The number of hydrogen-bond acceptors (Lipinski definition) is 3. The summed E-state index contributed by atoms with van der Waals surface area (Å²) in [5.74, 6) is -0.217. The van der Waals surface area contributed by atoms with Crippen LogP contribution in [0.15, 0.2) is 71.8 Å². The van der Waals surface area contributed by atoms with Crippen LogP contribution in [0.5, 0.6) is 0 Å². The SMILES string of the molecule is C/C(=N/NC(=O)C(C)Nc1cccc(Cl)c1)c1ccc2ccccc2c1. The van der Waals surface area contributed by atoms with E-state index in [9.17, 15) is 4.79 Å². The topological polar surface area (TPSA) is 53.5 Å². The molecule has 1 unspecified atom stereocenters. The van der Waals surface area contributed by atoms with Gasteiger partial charge in [-0.25, -0.2) is 5.43 Å². The molecule has 0 aliphatic carbocycles. The van der Waals surface area contributed by atoms with Gasteiger partial charge < -0.3 is 5.32 Å². The minimum absolute atomic E-state index is 0.217. The summed E-state index contributed by atoms with van der Waals surface area (Å²) < 4.78 is 0. The normalized spacial score (nSPS) is 12.7. The molecule has 132 valence electrons. The Kier molecular flexibility index (Phi) is 5.54. The highest BCUT2D eigenvalue weighted by Crippen LogP contribution is 2.17. The third kappa shape index (κ3) is 4.41. The molecule has 3 rings (SSSR count). The summed E-state index contributed by atoms with van der Waals surface area (Å²) in [5.41, 5.74) is 5.13. The Morgan fingerprint density at radius 2 is 1.77 bits per heavy atom. The lowest BCUT2D eigenvalue weighted by atomic mass is 10.0. The molecule has 0 aromatic heterocycles. The fourth-order valence-corrected chi connectivity index (χ4v) is 2.80. The lowest BCUT2D eigenvalue weighted by Crippen LogP contribution is -2.35. The number of hydrazone groups is 1. The van der Waals surface area contributed by atoms with Crippen LogP contribution < -0.4 is 10.7 Å². The Morgan fingerprint density at radius 3 is 2.54 bits per heavy atom. The summed E-state index contributed by atoms with van der Waals surface area (Å²) >= 11 is 5.96. The first-order valence-electron chi connectivity index (χ1n) is 8.38. The Labute approximate surface area is 157 Å². The van der Waals surface area contributed by atoms with Crippen molar-refractivity contribution in [3.8, 4) is 0 Å². The summed E-state index contributed by atoms with van der Waals surface area (Å²) in [5, 5.41) is 10.3. The van der Waals surface area contributed by atoms with Crippen LogP contribution >= 0.6 is 11.6 Å². The Balaban J connectivity index is 1.66. The first-order valence-corrected chi connectivity index (χ1v) is 8.76. The Hall–Kier alpha value is -2.85. The average molecular weight is 366 g/mol. The first kappa shape index (κ1) is 18.0. The number of hydrogen-bond donors (Lipinski definition) is 2. The molecule has 1 amide bonds. The molecule has 0 bridgehead atoms. The van der Waals surface area contributed by atoms with Crippen molar-refractivity contribution < 1.29 is 4.79 Å². The zero-order valence-electron chi connectivity index (χ0n) is 14.7. The molecule has 5 heteroatoms. The lowest BCUT2D eigenvalue weighted by molar-refractivity contribution is -0.121. The summed E-state index contributed by atoms with van der Waals surface area (Å²) in [7, 11) is 0. The van der Waals surface area contributed by atoms with Gasteiger partial charge in [-0.15, -0.1) is 0 Å². The molecule has 0 saturated carbocycles. The van der Waals surface area contributed by atoms with E-state index in [0.29, 0.717) is 5.02 Å². The number of benzene rings is 3. The highest BCUT2D eigenvalue weighted by atomic mass is 35.5. The smallest absolute Gasteiger partial charge is 0.262 e. The fraction of sp³-hybridized carbons (Fsp3) is 0.143. The van der Waals surface area contributed by atoms with Crippen molar-refractivity contribution in [3.63, 3.8) is 0 Å². The molecule has 0 heterocycles. The third-order valence-corrected chi connectivity index (χ3v) is 4.34. The number of nitrogens with zero attached hydrogens (tertiary/aromatic N) is 1. The molecule has 0 aliphatic heterocycles. The van der Waals surface area contributed by atoms with E-state index in [0.717, 1.165) is 22.3 Å². The maximum absolute atomic E-state index is 12.3. The molecule has 4 nitrogen and oxygen atoms in total. The van der Waals surface area contributed by atoms with Crippen LogP contribution in [0, 0.1) is 0 Å². The van der Waals surface area contributed by atoms with Gasteiger partial charge in [0, 0.05) is 10.7 Å². The van der Waals surface area contributed by atoms with Crippen molar-refractivity contribution in [2.24, 2.45) is 5.10 Å². The monoisotopic (exact) mass is 365 g/mol. The molecular weight excluding hydrogens is 346 g/mol. The van der Waals surface area contributed by atoms with Gasteiger partial charge in [-0.3, -0.25) is 4.79 Å². The van der Waals surface area contributed by atoms with Crippen molar-refractivity contribution >= 4 is 39.7 Å². The molecule has 3 aromatic rings. The van der Waals surface area contributed by atoms with E-state index in [1.54, 1.807) is 19.1 Å². The predicted molar refractivity (Wildman–Crippen MR) is 109 cm³/mol. The maximum Gasteiger partial charge on any atom is 0.262 e. The standard InChI is InChI=1S/C21H20ClN3O/c1-14(17-11-10-16-6-3-4-7-18(16)12-17)24-25-21(26)15(2)23-20-9-5-8-19(22)13-20/h3-13,15,23H,1-2H3,(H,25,26)/b24-14-. The number of halogens is 1. The minimum Gasteiger partial charge on any atom is -0.374 e. The van der Waals surface area contributed by atoms with Crippen molar-refractivity contribution in [1.29, 1.82) is 0 Å². The van der Waals surface area contributed by atoms with Crippen molar-refractivity contribution in [1.82, 2.24) is 5.43 Å². The van der Waals surface area contributed by atoms with Gasteiger partial charge in [-0.1, -0.05) is 54.1 Å². The van der Waals surface area contributed by atoms with Gasteiger partial charge >= 0.3 is 0 Å². The Bertz CT molecular complexity index is 968. The number of rotatable bonds is 5. The third-order valence-electron chi connectivity index (χ3n) is 4.10. The minimum atomic E-state index is -0.443. The molecule has 2 N–H and O–H groups in total. The van der Waals surface area contributed by atoms with E-state index in [4.69, 9.17) is 11.6 Å². The highest BCUT2D eigenvalue weighted by Gasteiger charge is 2.12. The van der Waals surface area contributed by atoms with E-state index in [-0.39, 0.29) is 5.91 Å². The zero-order chi connectivity index (χ0) is 18.5. The second kappa shape index (κ2) is 8.02. The molecular formula is C21H20ClN3O. The highest BCUT2D eigenvalue weighted by molar-refractivity contribution is 6.30. The van der Waals surface area contributed by atoms with Gasteiger partial charge in [0.05, 0.1) is 5.71 Å². The van der Waals surface area contributed by atoms with Crippen LogP contribution in [0.1, 0.15) is 19.4 Å².